The van der Waals surface area contributed by atoms with E-state index in [0.717, 1.165) is 0 Å². The summed E-state index contributed by atoms with van der Waals surface area (Å²) in [5.74, 6) is -2.50. The molecule has 0 aromatic rings. The van der Waals surface area contributed by atoms with Gasteiger partial charge in [-0.05, 0) is 19.3 Å². The van der Waals surface area contributed by atoms with E-state index in [4.69, 9.17) is 28.4 Å². The first-order valence-electron chi connectivity index (χ1n) is 11.2. The minimum absolute atomic E-state index is 0.105. The highest BCUT2D eigenvalue weighted by molar-refractivity contribution is 5.75. The predicted octanol–water partition coefficient (Wildman–Crippen LogP) is 1.22. The molecule has 0 aliphatic carbocycles. The van der Waals surface area contributed by atoms with Crippen molar-refractivity contribution in [2.75, 3.05) is 39.6 Å². The lowest BCUT2D eigenvalue weighted by atomic mass is 9.87. The molecule has 12 heteroatoms. The zero-order valence-electron chi connectivity index (χ0n) is 20.7. The van der Waals surface area contributed by atoms with Gasteiger partial charge in [-0.3, -0.25) is 28.8 Å². The standard InChI is InChI=1S/C23H36O12/c1-5-22(8-30-14-24,9-31-15-25)12-34-20(28)18(3)7-19(4)21(29)35-13-23(6-2,10-32-16-26)11-33-17-27/h14-19H,5-13H2,1-4H3. The smallest absolute Gasteiger partial charge is 0.308 e. The van der Waals surface area contributed by atoms with Gasteiger partial charge in [-0.25, -0.2) is 0 Å². The van der Waals surface area contributed by atoms with Crippen LogP contribution in [0.2, 0.25) is 0 Å². The predicted molar refractivity (Wildman–Crippen MR) is 118 cm³/mol. The zero-order valence-corrected chi connectivity index (χ0v) is 20.7. The Morgan fingerprint density at radius 2 is 0.886 bits per heavy atom. The number of carbonyl (C=O) groups is 6. The molecular formula is C23H36O12. The molecule has 35 heavy (non-hydrogen) atoms. The lowest BCUT2D eigenvalue weighted by Gasteiger charge is -2.31. The first-order valence-corrected chi connectivity index (χ1v) is 11.2. The van der Waals surface area contributed by atoms with Crippen LogP contribution in [0.1, 0.15) is 47.0 Å². The quantitative estimate of drug-likeness (QED) is 0.118. The number of ether oxygens (including phenoxy) is 6. The third kappa shape index (κ3) is 11.7. The molecule has 200 valence electrons. The monoisotopic (exact) mass is 504 g/mol. The summed E-state index contributed by atoms with van der Waals surface area (Å²) in [6, 6.07) is 0. The van der Waals surface area contributed by atoms with Gasteiger partial charge in [0, 0.05) is 0 Å². The molecule has 0 aromatic heterocycles. The van der Waals surface area contributed by atoms with Gasteiger partial charge in [-0.1, -0.05) is 27.7 Å². The number of hydrogen-bond donors (Lipinski definition) is 0. The minimum atomic E-state index is -0.890. The molecule has 0 radical (unpaired) electrons. The van der Waals surface area contributed by atoms with Gasteiger partial charge in [-0.2, -0.15) is 0 Å². The maximum Gasteiger partial charge on any atom is 0.308 e. The maximum atomic E-state index is 12.5. The third-order valence-corrected chi connectivity index (χ3v) is 5.88. The minimum Gasteiger partial charge on any atom is -0.467 e. The van der Waals surface area contributed by atoms with Crippen molar-refractivity contribution in [3.8, 4) is 0 Å². The molecule has 0 N–H and O–H groups in total. The van der Waals surface area contributed by atoms with Crippen molar-refractivity contribution in [1.82, 2.24) is 0 Å². The van der Waals surface area contributed by atoms with Gasteiger partial charge in [0.15, 0.2) is 0 Å². The molecule has 0 aromatic carbocycles. The Hall–Kier alpha value is -3.18. The summed E-state index contributed by atoms with van der Waals surface area (Å²) in [5, 5.41) is 0. The summed E-state index contributed by atoms with van der Waals surface area (Å²) < 4.78 is 30.0. The van der Waals surface area contributed by atoms with Gasteiger partial charge in [0.2, 0.25) is 0 Å². The molecule has 12 nitrogen and oxygen atoms in total. The van der Waals surface area contributed by atoms with E-state index in [9.17, 15) is 28.8 Å². The van der Waals surface area contributed by atoms with Crippen molar-refractivity contribution in [3.63, 3.8) is 0 Å². The normalized spacial score (nSPS) is 12.9. The van der Waals surface area contributed by atoms with E-state index in [-0.39, 0.29) is 72.0 Å². The lowest BCUT2D eigenvalue weighted by molar-refractivity contribution is -0.160. The number of rotatable bonds is 22. The molecule has 0 aliphatic rings. The van der Waals surface area contributed by atoms with Gasteiger partial charge in [0.1, 0.15) is 39.6 Å². The van der Waals surface area contributed by atoms with Gasteiger partial charge in [0.05, 0.1) is 22.7 Å². The summed E-state index contributed by atoms with van der Waals surface area (Å²) in [4.78, 5) is 67.4. The first-order chi connectivity index (χ1) is 16.7. The van der Waals surface area contributed by atoms with Crippen LogP contribution in [0.5, 0.6) is 0 Å². The fourth-order valence-electron chi connectivity index (χ4n) is 3.16. The highest BCUT2D eigenvalue weighted by Crippen LogP contribution is 2.26. The second-order valence-corrected chi connectivity index (χ2v) is 8.59. The Morgan fingerprint density at radius 1 is 0.600 bits per heavy atom. The summed E-state index contributed by atoms with van der Waals surface area (Å²) in [7, 11) is 0. The van der Waals surface area contributed by atoms with Gasteiger partial charge < -0.3 is 28.4 Å². The van der Waals surface area contributed by atoms with Crippen LogP contribution >= 0.6 is 0 Å². The average Bonchev–Trinajstić information content (AvgIpc) is 2.87. The highest BCUT2D eigenvalue weighted by atomic mass is 16.6. The van der Waals surface area contributed by atoms with Crippen LogP contribution in [0.15, 0.2) is 0 Å². The second-order valence-electron chi connectivity index (χ2n) is 8.59. The molecular weight excluding hydrogens is 468 g/mol. The van der Waals surface area contributed by atoms with E-state index in [2.05, 4.69) is 0 Å². The van der Waals surface area contributed by atoms with Crippen LogP contribution in [-0.2, 0) is 57.2 Å². The number of carbonyl (C=O) groups excluding carboxylic acids is 6. The molecule has 0 aliphatic heterocycles. The molecule has 0 bridgehead atoms. The van der Waals surface area contributed by atoms with Gasteiger partial charge in [0.25, 0.3) is 25.9 Å². The van der Waals surface area contributed by atoms with Crippen molar-refractivity contribution < 1.29 is 57.2 Å². The average molecular weight is 505 g/mol. The van der Waals surface area contributed by atoms with Crippen LogP contribution < -0.4 is 0 Å². The van der Waals surface area contributed by atoms with Crippen LogP contribution in [0, 0.1) is 22.7 Å². The Labute approximate surface area is 204 Å². The summed E-state index contributed by atoms with van der Waals surface area (Å²) >= 11 is 0. The van der Waals surface area contributed by atoms with E-state index in [1.165, 1.54) is 0 Å². The van der Waals surface area contributed by atoms with E-state index < -0.39 is 34.6 Å². The molecule has 0 fully saturated rings. The Bertz CT molecular complexity index is 597. The van der Waals surface area contributed by atoms with E-state index in [1.54, 1.807) is 27.7 Å². The number of esters is 2. The summed E-state index contributed by atoms with van der Waals surface area (Å²) in [6.07, 6.45) is 0.932. The fraction of sp³-hybridized carbons (Fsp3) is 0.739. The molecule has 0 saturated carbocycles. The van der Waals surface area contributed by atoms with Crippen LogP contribution in [-0.4, -0.2) is 77.5 Å². The second kappa shape index (κ2) is 17.3. The molecule has 0 spiro atoms. The largest absolute Gasteiger partial charge is 0.467 e. The summed E-state index contributed by atoms with van der Waals surface area (Å²) in [5.41, 5.74) is -1.78. The van der Waals surface area contributed by atoms with Crippen LogP contribution in [0.25, 0.3) is 0 Å². The molecule has 2 atom stereocenters. The SMILES string of the molecule is CCC(COC=O)(COC=O)COC(=O)C(C)CC(C)C(=O)OCC(CC)(COC=O)COC=O. The van der Waals surface area contributed by atoms with Crippen molar-refractivity contribution in [2.24, 2.45) is 22.7 Å². The Morgan fingerprint density at radius 3 is 1.11 bits per heavy atom. The Balaban J connectivity index is 4.95. The topological polar surface area (TPSA) is 158 Å². The van der Waals surface area contributed by atoms with Crippen molar-refractivity contribution >= 4 is 37.8 Å². The van der Waals surface area contributed by atoms with E-state index >= 15 is 0 Å². The highest BCUT2D eigenvalue weighted by Gasteiger charge is 2.35. The maximum absolute atomic E-state index is 12.5. The first kappa shape index (κ1) is 31.8. The van der Waals surface area contributed by atoms with Gasteiger partial charge in [-0.15, -0.1) is 0 Å². The van der Waals surface area contributed by atoms with Crippen molar-refractivity contribution in [3.05, 3.63) is 0 Å². The Kier molecular flexibility index (Phi) is 15.7. The molecule has 2 unspecified atom stereocenters. The molecule has 0 heterocycles. The fourth-order valence-corrected chi connectivity index (χ4v) is 3.16. The zero-order chi connectivity index (χ0) is 26.7. The third-order valence-electron chi connectivity index (χ3n) is 5.88. The van der Waals surface area contributed by atoms with Crippen molar-refractivity contribution in [2.45, 2.75) is 47.0 Å². The van der Waals surface area contributed by atoms with Crippen LogP contribution in [0.3, 0.4) is 0 Å². The number of hydrogen-bond acceptors (Lipinski definition) is 12. The van der Waals surface area contributed by atoms with Crippen molar-refractivity contribution in [1.29, 1.82) is 0 Å². The molecule has 0 rings (SSSR count). The van der Waals surface area contributed by atoms with Gasteiger partial charge >= 0.3 is 11.9 Å². The van der Waals surface area contributed by atoms with E-state index in [0.29, 0.717) is 12.8 Å². The summed E-state index contributed by atoms with van der Waals surface area (Å²) in [6.45, 7) is 7.03. The van der Waals surface area contributed by atoms with E-state index in [1.807, 2.05) is 0 Å². The van der Waals surface area contributed by atoms with Crippen LogP contribution in [0.4, 0.5) is 0 Å². The molecule has 0 saturated heterocycles. The lowest BCUT2D eigenvalue weighted by Crippen LogP contribution is -2.39. The molecule has 0 amide bonds.